The minimum atomic E-state index is -4.16. The van der Waals surface area contributed by atoms with Gasteiger partial charge in [0.1, 0.15) is 18.3 Å². The molecule has 1 fully saturated rings. The average Bonchev–Trinajstić information content (AvgIpc) is 3.47. The largest absolute Gasteiger partial charge is 0.497 e. The molecule has 41 heavy (non-hydrogen) atoms. The highest BCUT2D eigenvalue weighted by molar-refractivity contribution is 7.92. The fourth-order valence-corrected chi connectivity index (χ4v) is 6.52. The molecule has 0 heterocycles. The first-order valence-corrected chi connectivity index (χ1v) is 15.5. The van der Waals surface area contributed by atoms with Crippen LogP contribution in [0.3, 0.4) is 0 Å². The van der Waals surface area contributed by atoms with Crippen LogP contribution in [0.2, 0.25) is 5.02 Å². The Morgan fingerprint density at radius 3 is 2.37 bits per heavy atom. The number of sulfonamides is 1. The van der Waals surface area contributed by atoms with Crippen LogP contribution in [0.25, 0.3) is 0 Å². The normalized spacial score (nSPS) is 14.3. The van der Waals surface area contributed by atoms with Crippen LogP contribution < -0.4 is 14.4 Å². The molecule has 1 N–H and O–H groups in total. The molecular weight excluding hydrogens is 562 g/mol. The van der Waals surface area contributed by atoms with Crippen LogP contribution in [0.4, 0.5) is 5.69 Å². The van der Waals surface area contributed by atoms with E-state index in [0.29, 0.717) is 16.5 Å². The van der Waals surface area contributed by atoms with Gasteiger partial charge in [0.25, 0.3) is 10.0 Å². The maximum absolute atomic E-state index is 14.1. The van der Waals surface area contributed by atoms with Gasteiger partial charge in [0, 0.05) is 17.6 Å². The molecule has 1 aliphatic rings. The van der Waals surface area contributed by atoms with E-state index in [9.17, 15) is 18.0 Å². The summed E-state index contributed by atoms with van der Waals surface area (Å²) in [6, 6.07) is 19.2. The third-order valence-electron chi connectivity index (χ3n) is 7.33. The number of hydrogen-bond acceptors (Lipinski definition) is 5. The van der Waals surface area contributed by atoms with Gasteiger partial charge in [-0.05, 0) is 86.3 Å². The lowest BCUT2D eigenvalue weighted by molar-refractivity contribution is -0.139. The van der Waals surface area contributed by atoms with Crippen molar-refractivity contribution in [3.63, 3.8) is 0 Å². The Balaban J connectivity index is 1.69. The molecule has 0 spiro atoms. The van der Waals surface area contributed by atoms with Gasteiger partial charge < -0.3 is 15.0 Å². The van der Waals surface area contributed by atoms with E-state index in [2.05, 4.69) is 5.32 Å². The van der Waals surface area contributed by atoms with Crippen molar-refractivity contribution in [3.05, 3.63) is 88.9 Å². The number of ether oxygens (including phenoxy) is 1. The van der Waals surface area contributed by atoms with Crippen LogP contribution in [-0.2, 0) is 26.2 Å². The smallest absolute Gasteiger partial charge is 0.264 e. The summed E-state index contributed by atoms with van der Waals surface area (Å²) in [5, 5.41) is 3.47. The second-order valence-electron chi connectivity index (χ2n) is 10.3. The topological polar surface area (TPSA) is 96.0 Å². The van der Waals surface area contributed by atoms with E-state index in [1.54, 1.807) is 44.4 Å². The van der Waals surface area contributed by atoms with Crippen molar-refractivity contribution >= 4 is 39.1 Å². The first-order chi connectivity index (χ1) is 19.6. The predicted molar refractivity (Wildman–Crippen MR) is 161 cm³/mol. The number of carbonyl (C=O) groups is 2. The van der Waals surface area contributed by atoms with E-state index in [1.165, 1.54) is 29.2 Å². The molecule has 0 radical (unpaired) electrons. The molecule has 3 aromatic rings. The van der Waals surface area contributed by atoms with Crippen LogP contribution in [0.5, 0.6) is 5.75 Å². The van der Waals surface area contributed by atoms with E-state index in [-0.39, 0.29) is 23.4 Å². The van der Waals surface area contributed by atoms with Crippen molar-refractivity contribution in [1.82, 2.24) is 10.2 Å². The molecule has 0 bridgehead atoms. The number of carbonyl (C=O) groups excluding carboxylic acids is 2. The number of rotatable bonds is 11. The van der Waals surface area contributed by atoms with Gasteiger partial charge >= 0.3 is 0 Å². The quantitative estimate of drug-likeness (QED) is 0.322. The van der Waals surface area contributed by atoms with Crippen LogP contribution in [0.1, 0.15) is 43.7 Å². The van der Waals surface area contributed by atoms with E-state index in [1.807, 2.05) is 25.1 Å². The standard InChI is InChI=1S/C31H36ClN3O5S/c1-22-8-6-12-27(18-22)35(41(38,39)29-16-14-25(32)15-17-29)21-30(36)34(20-24-9-7-13-28(19-24)40-3)23(2)31(37)33-26-10-4-5-11-26/h6-9,12-19,23,26H,4-5,10-11,20-21H2,1-3H3,(H,33,37)/t23-/m0/s1. The molecule has 0 unspecified atom stereocenters. The summed E-state index contributed by atoms with van der Waals surface area (Å²) in [5.41, 5.74) is 1.93. The van der Waals surface area contributed by atoms with E-state index >= 15 is 0 Å². The van der Waals surface area contributed by atoms with Gasteiger partial charge in [0.15, 0.2) is 0 Å². The maximum Gasteiger partial charge on any atom is 0.264 e. The van der Waals surface area contributed by atoms with E-state index in [4.69, 9.17) is 16.3 Å². The van der Waals surface area contributed by atoms with Gasteiger partial charge in [-0.2, -0.15) is 0 Å². The number of nitrogens with zero attached hydrogens (tertiary/aromatic N) is 2. The van der Waals surface area contributed by atoms with Crippen molar-refractivity contribution in [2.24, 2.45) is 0 Å². The number of benzene rings is 3. The Labute approximate surface area is 247 Å². The van der Waals surface area contributed by atoms with Crippen molar-refractivity contribution in [3.8, 4) is 5.75 Å². The Bertz CT molecular complexity index is 1470. The molecular formula is C31H36ClN3O5S. The third kappa shape index (κ3) is 7.59. The first-order valence-electron chi connectivity index (χ1n) is 13.7. The van der Waals surface area contributed by atoms with Gasteiger partial charge in [-0.25, -0.2) is 8.42 Å². The zero-order valence-corrected chi connectivity index (χ0v) is 25.1. The number of anilines is 1. The van der Waals surface area contributed by atoms with E-state index in [0.717, 1.165) is 41.1 Å². The zero-order chi connectivity index (χ0) is 29.6. The summed E-state index contributed by atoms with van der Waals surface area (Å²) < 4.78 is 34.2. The summed E-state index contributed by atoms with van der Waals surface area (Å²) in [6.45, 7) is 3.12. The Kier molecular flexibility index (Phi) is 9.94. The van der Waals surface area contributed by atoms with E-state index < -0.39 is 28.5 Å². The lowest BCUT2D eigenvalue weighted by Gasteiger charge is -2.32. The average molecular weight is 598 g/mol. The summed E-state index contributed by atoms with van der Waals surface area (Å²) >= 11 is 6.01. The summed E-state index contributed by atoms with van der Waals surface area (Å²) in [5.74, 6) is -0.165. The molecule has 1 aliphatic carbocycles. The Hall–Kier alpha value is -3.56. The molecule has 3 aromatic carbocycles. The van der Waals surface area contributed by atoms with Gasteiger partial charge in [-0.15, -0.1) is 0 Å². The van der Waals surface area contributed by atoms with Crippen molar-refractivity contribution in [1.29, 1.82) is 0 Å². The molecule has 218 valence electrons. The molecule has 1 saturated carbocycles. The van der Waals surface area contributed by atoms with Crippen molar-refractivity contribution < 1.29 is 22.7 Å². The number of nitrogens with one attached hydrogen (secondary N) is 1. The van der Waals surface area contributed by atoms with Crippen LogP contribution in [0, 0.1) is 6.92 Å². The summed E-state index contributed by atoms with van der Waals surface area (Å²) in [6.07, 6.45) is 3.92. The second kappa shape index (κ2) is 13.4. The second-order valence-corrected chi connectivity index (χ2v) is 12.6. The SMILES string of the molecule is COc1cccc(CN(C(=O)CN(c2cccc(C)c2)S(=O)(=O)c2ccc(Cl)cc2)[C@@H](C)C(=O)NC2CCCC2)c1. The predicted octanol–water partition coefficient (Wildman–Crippen LogP) is 5.33. The van der Waals surface area contributed by atoms with Gasteiger partial charge in [0.05, 0.1) is 17.7 Å². The maximum atomic E-state index is 14.1. The van der Waals surface area contributed by atoms with Gasteiger partial charge in [0.2, 0.25) is 11.8 Å². The molecule has 0 aliphatic heterocycles. The van der Waals surface area contributed by atoms with Gasteiger partial charge in [-0.1, -0.05) is 48.7 Å². The third-order valence-corrected chi connectivity index (χ3v) is 9.37. The molecule has 10 heteroatoms. The molecule has 0 saturated heterocycles. The summed E-state index contributed by atoms with van der Waals surface area (Å²) in [7, 11) is -2.60. The highest BCUT2D eigenvalue weighted by Gasteiger charge is 2.33. The first kappa shape index (κ1) is 30.4. The highest BCUT2D eigenvalue weighted by atomic mass is 35.5. The van der Waals surface area contributed by atoms with Crippen molar-refractivity contribution in [2.45, 2.75) is 63.1 Å². The fraction of sp³-hybridized carbons (Fsp3) is 0.355. The lowest BCUT2D eigenvalue weighted by atomic mass is 10.1. The van der Waals surface area contributed by atoms with Crippen molar-refractivity contribution in [2.75, 3.05) is 18.0 Å². The molecule has 0 aromatic heterocycles. The highest BCUT2D eigenvalue weighted by Crippen LogP contribution is 2.27. The number of aryl methyl sites for hydroxylation is 1. The Morgan fingerprint density at radius 2 is 1.71 bits per heavy atom. The summed E-state index contributed by atoms with van der Waals surface area (Å²) in [4.78, 5) is 28.8. The number of halogens is 1. The molecule has 4 rings (SSSR count). The van der Waals surface area contributed by atoms with Crippen LogP contribution >= 0.6 is 11.6 Å². The number of amides is 2. The molecule has 2 amide bonds. The minimum absolute atomic E-state index is 0.00239. The lowest BCUT2D eigenvalue weighted by Crippen LogP contribution is -2.52. The number of hydrogen-bond donors (Lipinski definition) is 1. The number of methoxy groups -OCH3 is 1. The van der Waals surface area contributed by atoms with Gasteiger partial charge in [-0.3, -0.25) is 13.9 Å². The molecule has 8 nitrogen and oxygen atoms in total. The Morgan fingerprint density at radius 1 is 1.02 bits per heavy atom. The zero-order valence-electron chi connectivity index (χ0n) is 23.5. The van der Waals surface area contributed by atoms with Crippen LogP contribution in [-0.4, -0.2) is 50.9 Å². The fourth-order valence-electron chi connectivity index (χ4n) is 4.99. The molecule has 1 atom stereocenters. The monoisotopic (exact) mass is 597 g/mol. The minimum Gasteiger partial charge on any atom is -0.497 e. The van der Waals surface area contributed by atoms with Crippen LogP contribution in [0.15, 0.2) is 77.7 Å².